The second kappa shape index (κ2) is 6.84. The van der Waals surface area contributed by atoms with E-state index in [1.807, 2.05) is 35.2 Å². The average Bonchev–Trinajstić information content (AvgIpc) is 2.92. The van der Waals surface area contributed by atoms with Crippen LogP contribution in [0.4, 0.5) is 4.79 Å². The molecule has 128 valence electrons. The van der Waals surface area contributed by atoms with Crippen molar-refractivity contribution in [3.8, 4) is 0 Å². The molecule has 6 nitrogen and oxygen atoms in total. The molecule has 0 aliphatic carbocycles. The molecule has 1 N–H and O–H groups in total. The molecule has 3 rings (SSSR count). The molecule has 1 fully saturated rings. The van der Waals surface area contributed by atoms with Crippen molar-refractivity contribution in [1.29, 1.82) is 0 Å². The maximum absolute atomic E-state index is 12.5. The van der Waals surface area contributed by atoms with Crippen LogP contribution in [0.3, 0.4) is 0 Å². The summed E-state index contributed by atoms with van der Waals surface area (Å²) < 4.78 is 0. The first kappa shape index (κ1) is 16.8. The van der Waals surface area contributed by atoms with Crippen molar-refractivity contribution < 1.29 is 9.59 Å². The third-order valence-electron chi connectivity index (χ3n) is 4.40. The van der Waals surface area contributed by atoms with Gasteiger partial charge in [-0.3, -0.25) is 10.1 Å². The van der Waals surface area contributed by atoms with Gasteiger partial charge in [-0.25, -0.2) is 9.79 Å². The number of rotatable bonds is 4. The molecule has 24 heavy (non-hydrogen) atoms. The molecule has 7 heteroatoms. The third kappa shape index (κ3) is 3.13. The lowest BCUT2D eigenvalue weighted by Crippen LogP contribution is -2.63. The molecule has 3 amide bonds. The van der Waals surface area contributed by atoms with Gasteiger partial charge < -0.3 is 9.80 Å². The average molecular weight is 346 g/mol. The van der Waals surface area contributed by atoms with Crippen LogP contribution in [0.5, 0.6) is 0 Å². The summed E-state index contributed by atoms with van der Waals surface area (Å²) in [5, 5.41) is 3.66. The van der Waals surface area contributed by atoms with Crippen LogP contribution in [-0.2, 0) is 11.3 Å². The van der Waals surface area contributed by atoms with E-state index in [-0.39, 0.29) is 11.9 Å². The van der Waals surface area contributed by atoms with Gasteiger partial charge >= 0.3 is 6.03 Å². The normalized spacial score (nSPS) is 24.5. The number of hydrogen-bond donors (Lipinski definition) is 1. The number of urea groups is 1. The number of likely N-dealkylation sites (N-methyl/N-ethyl adjacent to an activating group) is 1. The highest BCUT2D eigenvalue weighted by atomic mass is 32.2. The Balaban J connectivity index is 1.91. The number of carbonyl (C=O) groups excluding carboxylic acids is 2. The van der Waals surface area contributed by atoms with Crippen LogP contribution in [0.25, 0.3) is 0 Å². The number of hydrogen-bond acceptors (Lipinski definition) is 5. The lowest BCUT2D eigenvalue weighted by molar-refractivity contribution is -0.127. The van der Waals surface area contributed by atoms with Gasteiger partial charge in [-0.15, -0.1) is 0 Å². The fourth-order valence-electron chi connectivity index (χ4n) is 2.81. The van der Waals surface area contributed by atoms with Crippen LogP contribution in [0.1, 0.15) is 25.8 Å². The Morgan fingerprint density at radius 1 is 1.29 bits per heavy atom. The number of benzene rings is 1. The molecular formula is C17H22N4O2S. The second-order valence-corrected chi connectivity index (χ2v) is 7.53. The monoisotopic (exact) mass is 346 g/mol. The van der Waals surface area contributed by atoms with E-state index in [0.29, 0.717) is 11.8 Å². The van der Waals surface area contributed by atoms with E-state index in [0.717, 1.165) is 17.2 Å². The van der Waals surface area contributed by atoms with Crippen LogP contribution >= 0.6 is 11.8 Å². The molecule has 2 aliphatic rings. The van der Waals surface area contributed by atoms with Gasteiger partial charge in [-0.05, 0) is 12.0 Å². The van der Waals surface area contributed by atoms with E-state index < -0.39 is 12.2 Å². The minimum atomic E-state index is -0.473. The molecule has 1 saturated heterocycles. The minimum absolute atomic E-state index is 0.275. The Kier molecular flexibility index (Phi) is 4.80. The van der Waals surface area contributed by atoms with E-state index in [1.54, 1.807) is 18.8 Å². The first-order valence-electron chi connectivity index (χ1n) is 8.14. The van der Waals surface area contributed by atoms with E-state index in [1.165, 1.54) is 4.90 Å². The third-order valence-corrected chi connectivity index (χ3v) is 5.69. The van der Waals surface area contributed by atoms with Crippen LogP contribution in [0.2, 0.25) is 0 Å². The Hall–Kier alpha value is -2.02. The summed E-state index contributed by atoms with van der Waals surface area (Å²) in [6, 6.07) is 9.15. The molecule has 0 saturated carbocycles. The lowest BCUT2D eigenvalue weighted by atomic mass is 10.1. The Bertz CT molecular complexity index is 664. The van der Waals surface area contributed by atoms with Gasteiger partial charge in [-0.1, -0.05) is 55.9 Å². The Morgan fingerprint density at radius 3 is 2.67 bits per heavy atom. The predicted octanol–water partition coefficient (Wildman–Crippen LogP) is 2.27. The van der Waals surface area contributed by atoms with E-state index >= 15 is 0 Å². The largest absolute Gasteiger partial charge is 0.331 e. The van der Waals surface area contributed by atoms with Gasteiger partial charge in [0.15, 0.2) is 17.4 Å². The SMILES string of the molecule is CCC(C)SC1=NC2C(C(=O)NC(=O)N2C)N1Cc1ccccc1. The quantitative estimate of drug-likeness (QED) is 0.908. The standard InChI is InChI=1S/C17H22N4O2S/c1-4-11(2)24-17-18-14-13(15(22)19-16(23)20(14)3)21(17)10-12-8-6-5-7-9-12/h5-9,11,13-14H,4,10H2,1-3H3,(H,19,22,23). The van der Waals surface area contributed by atoms with Gasteiger partial charge in [0.25, 0.3) is 5.91 Å². The number of nitrogens with one attached hydrogen (secondary N) is 1. The number of carbonyl (C=O) groups is 2. The molecule has 3 atom stereocenters. The summed E-state index contributed by atoms with van der Waals surface area (Å²) in [7, 11) is 1.68. The highest BCUT2D eigenvalue weighted by Crippen LogP contribution is 2.32. The van der Waals surface area contributed by atoms with Gasteiger partial charge in [0.2, 0.25) is 0 Å². The zero-order chi connectivity index (χ0) is 17.3. The van der Waals surface area contributed by atoms with Crippen molar-refractivity contribution >= 4 is 28.9 Å². The van der Waals surface area contributed by atoms with Crippen LogP contribution in [0, 0.1) is 0 Å². The van der Waals surface area contributed by atoms with Crippen molar-refractivity contribution in [3.63, 3.8) is 0 Å². The van der Waals surface area contributed by atoms with Crippen molar-refractivity contribution in [1.82, 2.24) is 15.1 Å². The van der Waals surface area contributed by atoms with Gasteiger partial charge in [0.05, 0.1) is 0 Å². The molecule has 0 bridgehead atoms. The summed E-state index contributed by atoms with van der Waals surface area (Å²) >= 11 is 1.66. The Morgan fingerprint density at radius 2 is 2.00 bits per heavy atom. The topological polar surface area (TPSA) is 65.0 Å². The zero-order valence-electron chi connectivity index (χ0n) is 14.1. The molecule has 1 aromatic rings. The predicted molar refractivity (Wildman–Crippen MR) is 95.6 cm³/mol. The fraction of sp³-hybridized carbons (Fsp3) is 0.471. The number of fused-ring (bicyclic) bond motifs is 1. The number of amides is 3. The molecule has 2 heterocycles. The lowest BCUT2D eigenvalue weighted by Gasteiger charge is -2.36. The second-order valence-electron chi connectivity index (χ2n) is 6.13. The summed E-state index contributed by atoms with van der Waals surface area (Å²) in [6.07, 6.45) is 0.556. The van der Waals surface area contributed by atoms with Crippen molar-refractivity contribution in [2.75, 3.05) is 7.05 Å². The summed E-state index contributed by atoms with van der Waals surface area (Å²) in [5.74, 6) is -0.275. The highest BCUT2D eigenvalue weighted by molar-refractivity contribution is 8.14. The molecule has 0 spiro atoms. The number of aliphatic imine (C=N–C) groups is 1. The summed E-state index contributed by atoms with van der Waals surface area (Å²) in [5.41, 5.74) is 1.11. The zero-order valence-corrected chi connectivity index (χ0v) is 14.9. The van der Waals surface area contributed by atoms with Crippen molar-refractivity contribution in [2.24, 2.45) is 4.99 Å². The van der Waals surface area contributed by atoms with Gasteiger partial charge in [0, 0.05) is 18.8 Å². The first-order chi connectivity index (χ1) is 11.5. The maximum atomic E-state index is 12.5. The summed E-state index contributed by atoms with van der Waals surface area (Å²) in [4.78, 5) is 32.6. The molecule has 3 unspecified atom stereocenters. The molecular weight excluding hydrogens is 324 g/mol. The van der Waals surface area contributed by atoms with E-state index in [9.17, 15) is 9.59 Å². The van der Waals surface area contributed by atoms with Gasteiger partial charge in [-0.2, -0.15) is 0 Å². The summed E-state index contributed by atoms with van der Waals surface area (Å²) in [6.45, 7) is 4.87. The fourth-order valence-corrected chi connectivity index (χ4v) is 3.82. The minimum Gasteiger partial charge on any atom is -0.331 e. The molecule has 0 aromatic heterocycles. The van der Waals surface area contributed by atoms with E-state index in [2.05, 4.69) is 19.2 Å². The maximum Gasteiger partial charge on any atom is 0.325 e. The highest BCUT2D eigenvalue weighted by Gasteiger charge is 2.48. The Labute approximate surface area is 146 Å². The van der Waals surface area contributed by atoms with Crippen molar-refractivity contribution in [2.45, 2.75) is 44.3 Å². The van der Waals surface area contributed by atoms with E-state index in [4.69, 9.17) is 4.99 Å². The van der Waals surface area contributed by atoms with Crippen LogP contribution in [-0.4, -0.2) is 51.4 Å². The van der Waals surface area contributed by atoms with Crippen LogP contribution in [0.15, 0.2) is 35.3 Å². The molecule has 0 radical (unpaired) electrons. The number of amidine groups is 1. The number of thioether (sulfide) groups is 1. The molecule has 2 aliphatic heterocycles. The number of imide groups is 1. The molecule has 1 aromatic carbocycles. The first-order valence-corrected chi connectivity index (χ1v) is 9.02. The number of nitrogens with zero attached hydrogens (tertiary/aromatic N) is 3. The van der Waals surface area contributed by atoms with Gasteiger partial charge in [0.1, 0.15) is 0 Å². The smallest absolute Gasteiger partial charge is 0.325 e. The van der Waals surface area contributed by atoms with Crippen molar-refractivity contribution in [3.05, 3.63) is 35.9 Å². The van der Waals surface area contributed by atoms with Crippen LogP contribution < -0.4 is 5.32 Å².